The number of carbonyl (C=O) groups is 5. The number of carbonyl (C=O) groups excluding carboxylic acids is 4. The Hall–Kier alpha value is -4.05. The molecule has 11 heteroatoms. The lowest BCUT2D eigenvalue weighted by molar-refractivity contribution is -0.142. The average molecular weight is 581 g/mol. The molecule has 212 valence electrons. The number of phenols is 1. The normalized spacial score (nSPS) is 30.7. The zero-order chi connectivity index (χ0) is 29.4. The molecule has 0 spiro atoms. The molecular formula is C30H26ClFN2O7. The number of fused-ring (bicyclic) bond motifs is 4. The molecule has 2 aromatic carbocycles. The number of imide groups is 2. The zero-order valence-electron chi connectivity index (χ0n) is 21.9. The standard InChI is InChI=1S/C30H26ClFN2O7/c1-30-20(27(39)34(29(30)41)15-5-8-22(32)21(31)12-15)13-19-17(25(30)14-3-2-4-16(35)11-14)6-7-18-24(19)28(40)33(26(18)38)10-9-23(36)37/h2-6,8,11-12,18-20,24-25,35H,7,9-10,13H2,1H3,(H,36,37). The third-order valence-corrected chi connectivity index (χ3v) is 9.57. The number of benzene rings is 2. The first-order valence-electron chi connectivity index (χ1n) is 13.3. The predicted molar refractivity (Wildman–Crippen MR) is 143 cm³/mol. The molecule has 0 bridgehead atoms. The molecule has 0 radical (unpaired) electrons. The van der Waals surface area contributed by atoms with Gasteiger partial charge in [-0.15, -0.1) is 0 Å². The van der Waals surface area contributed by atoms with Crippen LogP contribution in [0.25, 0.3) is 0 Å². The first-order chi connectivity index (χ1) is 19.4. The molecular weight excluding hydrogens is 555 g/mol. The smallest absolute Gasteiger partial charge is 0.305 e. The highest BCUT2D eigenvalue weighted by atomic mass is 35.5. The summed E-state index contributed by atoms with van der Waals surface area (Å²) in [6, 6.07) is 10.0. The SMILES string of the molecule is CC12C(=O)N(c3ccc(F)c(Cl)c3)C(=O)C1CC1C(=CCC3C(=O)N(CCC(=O)O)C(=O)C31)C2c1cccc(O)c1. The molecule has 2 heterocycles. The Balaban J connectivity index is 1.47. The van der Waals surface area contributed by atoms with Crippen LogP contribution >= 0.6 is 11.6 Å². The van der Waals surface area contributed by atoms with Crippen molar-refractivity contribution in [2.75, 3.05) is 11.4 Å². The molecule has 6 atom stereocenters. The van der Waals surface area contributed by atoms with E-state index in [2.05, 4.69) is 0 Å². The number of amides is 4. The molecule has 6 unspecified atom stereocenters. The van der Waals surface area contributed by atoms with Gasteiger partial charge >= 0.3 is 5.97 Å². The van der Waals surface area contributed by atoms with Crippen LogP contribution in [0.1, 0.15) is 37.7 Å². The number of carboxylic acids is 1. The minimum absolute atomic E-state index is 0.0371. The summed E-state index contributed by atoms with van der Waals surface area (Å²) in [6.45, 7) is 1.46. The number of nitrogens with zero attached hydrogens (tertiary/aromatic N) is 2. The third kappa shape index (κ3) is 3.91. The molecule has 3 fully saturated rings. The molecule has 2 N–H and O–H groups in total. The van der Waals surface area contributed by atoms with Crippen LogP contribution in [0.4, 0.5) is 10.1 Å². The number of anilines is 1. The summed E-state index contributed by atoms with van der Waals surface area (Å²) in [5.41, 5.74) is 0.109. The summed E-state index contributed by atoms with van der Waals surface area (Å²) in [7, 11) is 0. The Labute approximate surface area is 239 Å². The molecule has 1 saturated carbocycles. The van der Waals surface area contributed by atoms with E-state index in [1.54, 1.807) is 19.1 Å². The van der Waals surface area contributed by atoms with Gasteiger partial charge in [0.1, 0.15) is 11.6 Å². The Kier molecular flexibility index (Phi) is 6.29. The van der Waals surface area contributed by atoms with Crippen LogP contribution in [-0.2, 0) is 24.0 Å². The zero-order valence-corrected chi connectivity index (χ0v) is 22.7. The Morgan fingerprint density at radius 3 is 2.51 bits per heavy atom. The summed E-state index contributed by atoms with van der Waals surface area (Å²) >= 11 is 5.99. The largest absolute Gasteiger partial charge is 0.508 e. The minimum atomic E-state index is -1.32. The fourth-order valence-corrected chi connectivity index (χ4v) is 7.64. The summed E-state index contributed by atoms with van der Waals surface area (Å²) in [6.07, 6.45) is 1.82. The highest BCUT2D eigenvalue weighted by molar-refractivity contribution is 6.31. The maximum absolute atomic E-state index is 14.3. The number of rotatable bonds is 5. The first kappa shape index (κ1) is 27.1. The number of aliphatic carboxylic acids is 1. The van der Waals surface area contributed by atoms with Gasteiger partial charge in [-0.05, 0) is 61.6 Å². The van der Waals surface area contributed by atoms with Gasteiger partial charge < -0.3 is 10.2 Å². The van der Waals surface area contributed by atoms with Gasteiger partial charge in [0, 0.05) is 12.5 Å². The van der Waals surface area contributed by atoms with Crippen molar-refractivity contribution >= 4 is 46.9 Å². The molecule has 2 aliphatic carbocycles. The second-order valence-corrected chi connectivity index (χ2v) is 11.7. The van der Waals surface area contributed by atoms with E-state index in [9.17, 15) is 33.5 Å². The van der Waals surface area contributed by atoms with Gasteiger partial charge in [-0.1, -0.05) is 35.4 Å². The van der Waals surface area contributed by atoms with Crippen molar-refractivity contribution in [1.82, 2.24) is 4.90 Å². The van der Waals surface area contributed by atoms with Crippen LogP contribution in [0.2, 0.25) is 5.02 Å². The quantitative estimate of drug-likeness (QED) is 0.405. The van der Waals surface area contributed by atoms with E-state index in [0.717, 1.165) is 21.4 Å². The van der Waals surface area contributed by atoms with Crippen molar-refractivity contribution in [2.24, 2.45) is 29.1 Å². The number of hydrogen-bond acceptors (Lipinski definition) is 6. The monoisotopic (exact) mass is 580 g/mol. The molecule has 4 aliphatic rings. The molecule has 9 nitrogen and oxygen atoms in total. The molecule has 4 amide bonds. The van der Waals surface area contributed by atoms with Crippen LogP contribution in [0.15, 0.2) is 54.1 Å². The highest BCUT2D eigenvalue weighted by Gasteiger charge is 2.67. The minimum Gasteiger partial charge on any atom is -0.508 e. The number of halogens is 2. The lowest BCUT2D eigenvalue weighted by Gasteiger charge is -2.49. The van der Waals surface area contributed by atoms with Gasteiger partial charge in [-0.2, -0.15) is 0 Å². The average Bonchev–Trinajstić information content (AvgIpc) is 3.28. The molecule has 41 heavy (non-hydrogen) atoms. The van der Waals surface area contributed by atoms with Gasteiger partial charge in [0.15, 0.2) is 0 Å². The van der Waals surface area contributed by atoms with E-state index >= 15 is 0 Å². The summed E-state index contributed by atoms with van der Waals surface area (Å²) in [5, 5.41) is 19.2. The van der Waals surface area contributed by atoms with Gasteiger partial charge in [0.25, 0.3) is 0 Å². The van der Waals surface area contributed by atoms with E-state index in [4.69, 9.17) is 16.7 Å². The van der Waals surface area contributed by atoms with Gasteiger partial charge in [0.05, 0.1) is 40.3 Å². The Bertz CT molecular complexity index is 1570. The van der Waals surface area contributed by atoms with Gasteiger partial charge in [-0.25, -0.2) is 9.29 Å². The number of aromatic hydroxyl groups is 1. The number of phenolic OH excluding ortho intramolecular Hbond substituents is 1. The fourth-order valence-electron chi connectivity index (χ4n) is 7.46. The van der Waals surface area contributed by atoms with E-state index in [1.807, 2.05) is 6.08 Å². The maximum Gasteiger partial charge on any atom is 0.305 e. The van der Waals surface area contributed by atoms with Crippen LogP contribution in [-0.4, -0.2) is 51.3 Å². The van der Waals surface area contributed by atoms with Crippen molar-refractivity contribution in [3.8, 4) is 5.75 Å². The van der Waals surface area contributed by atoms with Crippen molar-refractivity contribution in [1.29, 1.82) is 0 Å². The topological polar surface area (TPSA) is 132 Å². The van der Waals surface area contributed by atoms with Gasteiger partial charge in [-0.3, -0.25) is 28.9 Å². The fraction of sp³-hybridized carbons (Fsp3) is 0.367. The highest BCUT2D eigenvalue weighted by Crippen LogP contribution is 2.63. The van der Waals surface area contributed by atoms with Crippen molar-refractivity contribution in [3.63, 3.8) is 0 Å². The first-order valence-corrected chi connectivity index (χ1v) is 13.7. The third-order valence-electron chi connectivity index (χ3n) is 9.28. The van der Waals surface area contributed by atoms with Crippen molar-refractivity contribution in [2.45, 2.75) is 32.1 Å². The number of carboxylic acid groups (broad SMARTS) is 1. The maximum atomic E-state index is 14.3. The van der Waals surface area contributed by atoms with E-state index < -0.39 is 70.4 Å². The number of allylic oxidation sites excluding steroid dienone is 2. The summed E-state index contributed by atoms with van der Waals surface area (Å²) in [4.78, 5) is 68.3. The number of likely N-dealkylation sites (tertiary alicyclic amines) is 1. The van der Waals surface area contributed by atoms with Crippen molar-refractivity contribution in [3.05, 3.63) is 70.5 Å². The van der Waals surface area contributed by atoms with E-state index in [0.29, 0.717) is 5.56 Å². The van der Waals surface area contributed by atoms with E-state index in [1.165, 1.54) is 24.3 Å². The predicted octanol–water partition coefficient (Wildman–Crippen LogP) is 3.89. The van der Waals surface area contributed by atoms with Crippen LogP contribution in [0, 0.1) is 34.9 Å². The molecule has 0 aromatic heterocycles. The van der Waals surface area contributed by atoms with Crippen molar-refractivity contribution < 1.29 is 38.6 Å². The second kappa shape index (κ2) is 9.51. The Morgan fingerprint density at radius 1 is 1.07 bits per heavy atom. The van der Waals surface area contributed by atoms with Gasteiger partial charge in [0.2, 0.25) is 23.6 Å². The molecule has 2 saturated heterocycles. The van der Waals surface area contributed by atoms with Crippen LogP contribution < -0.4 is 4.90 Å². The summed E-state index contributed by atoms with van der Waals surface area (Å²) in [5.74, 6) is -7.50. The summed E-state index contributed by atoms with van der Waals surface area (Å²) < 4.78 is 13.9. The lowest BCUT2D eigenvalue weighted by atomic mass is 9.51. The molecule has 2 aliphatic heterocycles. The molecule has 2 aromatic rings. The lowest BCUT2D eigenvalue weighted by Crippen LogP contribution is -2.48. The van der Waals surface area contributed by atoms with Crippen LogP contribution in [0.3, 0.4) is 0 Å². The van der Waals surface area contributed by atoms with Crippen LogP contribution in [0.5, 0.6) is 5.75 Å². The molecule has 6 rings (SSSR count). The number of hydrogen-bond donors (Lipinski definition) is 2. The second-order valence-electron chi connectivity index (χ2n) is 11.3. The van der Waals surface area contributed by atoms with E-state index in [-0.39, 0.29) is 42.3 Å². The Morgan fingerprint density at radius 2 is 1.83 bits per heavy atom.